The van der Waals surface area contributed by atoms with Crippen molar-refractivity contribution in [1.29, 1.82) is 0 Å². The number of rotatable bonds is 6. The number of carbonyl (C=O) groups excluding carboxylic acids is 2. The highest BCUT2D eigenvalue weighted by Gasteiger charge is 2.21. The number of hydrogen-bond donors (Lipinski definition) is 2. The molecule has 0 fully saturated rings. The second-order valence-electron chi connectivity index (χ2n) is 6.12. The van der Waals surface area contributed by atoms with E-state index in [1.165, 1.54) is 6.92 Å². The number of ketones is 1. The van der Waals surface area contributed by atoms with Crippen molar-refractivity contribution in [3.8, 4) is 0 Å². The Kier molecular flexibility index (Phi) is 6.04. The second kappa shape index (κ2) is 8.64. The first-order valence-corrected chi connectivity index (χ1v) is 9.31. The van der Waals surface area contributed by atoms with Crippen molar-refractivity contribution >= 4 is 39.0 Å². The summed E-state index contributed by atoms with van der Waals surface area (Å²) in [6, 6.07) is 23.5. The third kappa shape index (κ3) is 5.05. The molecule has 0 aromatic heterocycles. The van der Waals surface area contributed by atoms with Gasteiger partial charge in [0.2, 0.25) is 0 Å². The van der Waals surface area contributed by atoms with Crippen molar-refractivity contribution in [2.45, 2.75) is 13.0 Å². The van der Waals surface area contributed by atoms with Crippen molar-refractivity contribution in [1.82, 2.24) is 0 Å². The van der Waals surface area contributed by atoms with Gasteiger partial charge in [-0.05, 0) is 48.9 Å². The van der Waals surface area contributed by atoms with Crippen LogP contribution in [0.4, 0.5) is 11.4 Å². The molecule has 0 aliphatic carbocycles. The predicted molar refractivity (Wildman–Crippen MR) is 112 cm³/mol. The quantitative estimate of drug-likeness (QED) is 0.519. The van der Waals surface area contributed by atoms with E-state index in [4.69, 9.17) is 0 Å². The van der Waals surface area contributed by atoms with Crippen molar-refractivity contribution in [2.24, 2.45) is 0 Å². The number of benzene rings is 3. The topological polar surface area (TPSA) is 58.2 Å². The van der Waals surface area contributed by atoms with E-state index in [2.05, 4.69) is 26.6 Å². The fraction of sp³-hybridized carbons (Fsp3) is 0.0909. The molecule has 1 atom stereocenters. The molecule has 2 N–H and O–H groups in total. The van der Waals surface area contributed by atoms with Gasteiger partial charge in [0.05, 0.1) is 0 Å². The van der Waals surface area contributed by atoms with Crippen LogP contribution in [0.1, 0.15) is 28.9 Å². The molecule has 3 rings (SSSR count). The van der Waals surface area contributed by atoms with Crippen molar-refractivity contribution in [3.63, 3.8) is 0 Å². The minimum Gasteiger partial charge on any atom is -0.370 e. The Labute approximate surface area is 166 Å². The fourth-order valence-electron chi connectivity index (χ4n) is 2.69. The van der Waals surface area contributed by atoms with E-state index in [1.807, 2.05) is 54.6 Å². The van der Waals surface area contributed by atoms with Crippen LogP contribution in [0.15, 0.2) is 83.3 Å². The smallest absolute Gasteiger partial charge is 0.251 e. The number of nitrogens with one attached hydrogen (secondary N) is 2. The first kappa shape index (κ1) is 18.9. The molecule has 0 aliphatic heterocycles. The molecule has 3 aromatic carbocycles. The predicted octanol–water partition coefficient (Wildman–Crippen LogP) is 5.44. The number of Topliss-reactive ketones (excluding diaryl/α,β-unsaturated/α-hetero) is 1. The van der Waals surface area contributed by atoms with Gasteiger partial charge >= 0.3 is 0 Å². The molecule has 136 valence electrons. The Hall–Kier alpha value is -2.92. The average molecular weight is 423 g/mol. The van der Waals surface area contributed by atoms with Gasteiger partial charge < -0.3 is 10.6 Å². The summed E-state index contributed by atoms with van der Waals surface area (Å²) in [7, 11) is 0. The maximum Gasteiger partial charge on any atom is 0.251 e. The summed E-state index contributed by atoms with van der Waals surface area (Å²) in [6.45, 7) is 1.50. The SMILES string of the molecule is CC(=O)c1cccc(NC(=O)[C@@H](Nc2ccc(Br)cc2)c2ccccc2)c1. The van der Waals surface area contributed by atoms with Crippen LogP contribution in [0.2, 0.25) is 0 Å². The maximum absolute atomic E-state index is 13.0. The molecule has 0 unspecified atom stereocenters. The zero-order valence-electron chi connectivity index (χ0n) is 14.8. The highest BCUT2D eigenvalue weighted by molar-refractivity contribution is 9.10. The zero-order valence-corrected chi connectivity index (χ0v) is 16.4. The van der Waals surface area contributed by atoms with E-state index in [0.717, 1.165) is 15.7 Å². The van der Waals surface area contributed by atoms with E-state index >= 15 is 0 Å². The summed E-state index contributed by atoms with van der Waals surface area (Å²) in [4.78, 5) is 24.6. The summed E-state index contributed by atoms with van der Waals surface area (Å²) in [6.07, 6.45) is 0. The highest BCUT2D eigenvalue weighted by atomic mass is 79.9. The van der Waals surface area contributed by atoms with Crippen LogP contribution in [-0.2, 0) is 4.79 Å². The maximum atomic E-state index is 13.0. The minimum atomic E-state index is -0.576. The van der Waals surface area contributed by atoms with Crippen LogP contribution in [0.5, 0.6) is 0 Å². The number of anilines is 2. The number of hydrogen-bond acceptors (Lipinski definition) is 3. The summed E-state index contributed by atoms with van der Waals surface area (Å²) >= 11 is 3.41. The monoisotopic (exact) mass is 422 g/mol. The van der Waals surface area contributed by atoms with E-state index in [9.17, 15) is 9.59 Å². The summed E-state index contributed by atoms with van der Waals surface area (Å²) in [5.41, 5.74) is 2.83. The van der Waals surface area contributed by atoms with Gasteiger partial charge in [-0.3, -0.25) is 9.59 Å². The van der Waals surface area contributed by atoms with Crippen LogP contribution in [0, 0.1) is 0 Å². The molecule has 0 bridgehead atoms. The van der Waals surface area contributed by atoms with Gasteiger partial charge in [-0.15, -0.1) is 0 Å². The molecule has 0 heterocycles. The molecule has 4 nitrogen and oxygen atoms in total. The minimum absolute atomic E-state index is 0.0429. The third-order valence-corrected chi connectivity index (χ3v) is 4.62. The van der Waals surface area contributed by atoms with Gasteiger partial charge in [-0.2, -0.15) is 0 Å². The molecule has 0 saturated heterocycles. The Morgan fingerprint density at radius 2 is 1.56 bits per heavy atom. The van der Waals surface area contributed by atoms with Crippen molar-refractivity contribution in [2.75, 3.05) is 10.6 Å². The Bertz CT molecular complexity index is 940. The molecule has 27 heavy (non-hydrogen) atoms. The van der Waals surface area contributed by atoms with Crippen molar-refractivity contribution in [3.05, 3.63) is 94.5 Å². The molecule has 0 spiro atoms. The summed E-state index contributed by atoms with van der Waals surface area (Å²) in [5, 5.41) is 6.18. The highest BCUT2D eigenvalue weighted by Crippen LogP contribution is 2.23. The number of amides is 1. The van der Waals surface area contributed by atoms with E-state index in [0.29, 0.717) is 11.3 Å². The van der Waals surface area contributed by atoms with E-state index in [1.54, 1.807) is 24.3 Å². The van der Waals surface area contributed by atoms with E-state index in [-0.39, 0.29) is 11.7 Å². The van der Waals surface area contributed by atoms with E-state index < -0.39 is 6.04 Å². The van der Waals surface area contributed by atoms with Crippen LogP contribution in [-0.4, -0.2) is 11.7 Å². The van der Waals surface area contributed by atoms with Gasteiger partial charge in [0.1, 0.15) is 6.04 Å². The van der Waals surface area contributed by atoms with Crippen LogP contribution in [0.25, 0.3) is 0 Å². The molecular formula is C22H19BrN2O2. The van der Waals surface area contributed by atoms with Crippen LogP contribution in [0.3, 0.4) is 0 Å². The van der Waals surface area contributed by atoms with Crippen molar-refractivity contribution < 1.29 is 9.59 Å². The second-order valence-corrected chi connectivity index (χ2v) is 7.04. The van der Waals surface area contributed by atoms with Gasteiger partial charge in [0.25, 0.3) is 5.91 Å². The number of carbonyl (C=O) groups is 2. The zero-order chi connectivity index (χ0) is 19.2. The molecule has 5 heteroatoms. The Balaban J connectivity index is 1.85. The molecule has 0 radical (unpaired) electrons. The molecule has 0 aliphatic rings. The van der Waals surface area contributed by atoms with Crippen LogP contribution >= 0.6 is 15.9 Å². The Morgan fingerprint density at radius 3 is 2.22 bits per heavy atom. The first-order chi connectivity index (χ1) is 13.0. The molecule has 1 amide bonds. The lowest BCUT2D eigenvalue weighted by atomic mass is 10.1. The van der Waals surface area contributed by atoms with Gasteiger partial charge in [-0.1, -0.05) is 58.4 Å². The van der Waals surface area contributed by atoms with Gasteiger partial charge in [-0.25, -0.2) is 0 Å². The molecule has 3 aromatic rings. The van der Waals surface area contributed by atoms with Gasteiger partial charge in [0, 0.05) is 21.4 Å². The van der Waals surface area contributed by atoms with Crippen LogP contribution < -0.4 is 10.6 Å². The third-order valence-electron chi connectivity index (χ3n) is 4.09. The Morgan fingerprint density at radius 1 is 0.852 bits per heavy atom. The lowest BCUT2D eigenvalue weighted by molar-refractivity contribution is -0.117. The van der Waals surface area contributed by atoms with Gasteiger partial charge in [0.15, 0.2) is 5.78 Å². The molecular weight excluding hydrogens is 404 g/mol. The fourth-order valence-corrected chi connectivity index (χ4v) is 2.95. The normalized spacial score (nSPS) is 11.5. The number of halogens is 1. The molecule has 0 saturated carbocycles. The average Bonchev–Trinajstić information content (AvgIpc) is 2.68. The largest absolute Gasteiger partial charge is 0.370 e. The lowest BCUT2D eigenvalue weighted by Gasteiger charge is -2.20. The summed E-state index contributed by atoms with van der Waals surface area (Å²) < 4.78 is 0.967. The first-order valence-electron chi connectivity index (χ1n) is 8.52. The summed E-state index contributed by atoms with van der Waals surface area (Å²) in [5.74, 6) is -0.247. The lowest BCUT2D eigenvalue weighted by Crippen LogP contribution is -2.27. The standard InChI is InChI=1S/C22H19BrN2O2/c1-15(26)17-8-5-9-20(14-17)25-22(27)21(16-6-3-2-4-7-16)24-19-12-10-18(23)11-13-19/h2-14,21,24H,1H3,(H,25,27)/t21-/m0/s1.